The maximum absolute atomic E-state index is 13.7. The monoisotopic (exact) mass is 467 g/mol. The van der Waals surface area contributed by atoms with Gasteiger partial charge in [0.2, 0.25) is 10.0 Å². The second-order valence-electron chi connectivity index (χ2n) is 8.12. The smallest absolute Gasteiger partial charge is 0.255 e. The third kappa shape index (κ3) is 5.47. The number of amides is 1. The molecule has 0 aromatic heterocycles. The molecule has 1 saturated heterocycles. The van der Waals surface area contributed by atoms with E-state index in [2.05, 4.69) is 10.2 Å². The highest BCUT2D eigenvalue weighted by Crippen LogP contribution is 2.19. The van der Waals surface area contributed by atoms with Gasteiger partial charge in [0.25, 0.3) is 5.91 Å². The highest BCUT2D eigenvalue weighted by atomic mass is 32.2. The molecule has 0 aliphatic carbocycles. The molecule has 0 radical (unpaired) electrons. The first kappa shape index (κ1) is 23.1. The number of carbonyl (C=O) groups excluding carboxylic acids is 1. The number of rotatable bonds is 6. The lowest BCUT2D eigenvalue weighted by molar-refractivity contribution is 0.102. The van der Waals surface area contributed by atoms with E-state index in [9.17, 15) is 17.6 Å². The van der Waals surface area contributed by atoms with Crippen LogP contribution in [0.2, 0.25) is 0 Å². The van der Waals surface area contributed by atoms with E-state index in [1.165, 1.54) is 16.4 Å². The molecule has 1 aliphatic rings. The Morgan fingerprint density at radius 3 is 2.18 bits per heavy atom. The molecule has 4 rings (SSSR count). The summed E-state index contributed by atoms with van der Waals surface area (Å²) < 4.78 is 41.0. The molecule has 3 aromatic carbocycles. The van der Waals surface area contributed by atoms with Crippen molar-refractivity contribution in [2.75, 3.05) is 31.5 Å². The number of hydrogen-bond donors (Lipinski definition) is 1. The molecule has 3 aromatic rings. The Morgan fingerprint density at radius 1 is 0.909 bits per heavy atom. The van der Waals surface area contributed by atoms with Gasteiger partial charge in [0.1, 0.15) is 5.82 Å². The zero-order chi connectivity index (χ0) is 23.4. The molecule has 1 fully saturated rings. The highest BCUT2D eigenvalue weighted by molar-refractivity contribution is 7.89. The van der Waals surface area contributed by atoms with Gasteiger partial charge in [-0.25, -0.2) is 12.8 Å². The standard InChI is InChI=1S/C25H26FN3O3S/c1-19-6-12-22(13-7-19)33(31,32)29-16-14-28(15-17-29)18-20-8-10-21(11-9-20)25(30)27-24-5-3-2-4-23(24)26/h2-13H,14-18H2,1H3,(H,27,30). The molecule has 0 saturated carbocycles. The SMILES string of the molecule is Cc1ccc(S(=O)(=O)N2CCN(Cc3ccc(C(=O)Nc4ccccc4F)cc3)CC2)cc1. The van der Waals surface area contributed by atoms with Crippen molar-refractivity contribution in [2.45, 2.75) is 18.4 Å². The predicted molar refractivity (Wildman–Crippen MR) is 126 cm³/mol. The number of nitrogens with one attached hydrogen (secondary N) is 1. The summed E-state index contributed by atoms with van der Waals surface area (Å²) in [7, 11) is -3.48. The lowest BCUT2D eigenvalue weighted by Crippen LogP contribution is -2.48. The lowest BCUT2D eigenvalue weighted by Gasteiger charge is -2.34. The number of aryl methyl sites for hydroxylation is 1. The van der Waals surface area contributed by atoms with Crippen LogP contribution in [-0.4, -0.2) is 49.7 Å². The fraction of sp³-hybridized carbons (Fsp3) is 0.240. The Labute approximate surface area is 193 Å². The van der Waals surface area contributed by atoms with Crippen molar-refractivity contribution >= 4 is 21.6 Å². The van der Waals surface area contributed by atoms with Crippen LogP contribution in [0.1, 0.15) is 21.5 Å². The number of piperazine rings is 1. The van der Waals surface area contributed by atoms with E-state index < -0.39 is 15.8 Å². The molecule has 6 nitrogen and oxygen atoms in total. The van der Waals surface area contributed by atoms with Gasteiger partial charge in [0, 0.05) is 38.3 Å². The topological polar surface area (TPSA) is 69.7 Å². The van der Waals surface area contributed by atoms with Crippen molar-refractivity contribution in [1.82, 2.24) is 9.21 Å². The minimum atomic E-state index is -3.48. The van der Waals surface area contributed by atoms with Crippen molar-refractivity contribution in [2.24, 2.45) is 0 Å². The fourth-order valence-electron chi connectivity index (χ4n) is 3.76. The van der Waals surface area contributed by atoms with Crippen molar-refractivity contribution in [3.05, 3.63) is 95.3 Å². The first-order valence-electron chi connectivity index (χ1n) is 10.8. The Kier molecular flexibility index (Phi) is 6.88. The zero-order valence-corrected chi connectivity index (χ0v) is 19.2. The third-order valence-electron chi connectivity index (χ3n) is 5.73. The van der Waals surface area contributed by atoms with Gasteiger partial charge in [0.05, 0.1) is 10.6 Å². The molecule has 0 unspecified atom stereocenters. The first-order chi connectivity index (χ1) is 15.8. The predicted octanol–water partition coefficient (Wildman–Crippen LogP) is 3.89. The summed E-state index contributed by atoms with van der Waals surface area (Å²) in [4.78, 5) is 14.9. The number of sulfonamides is 1. The Bertz CT molecular complexity index is 1220. The van der Waals surface area contributed by atoms with Gasteiger partial charge in [-0.2, -0.15) is 4.31 Å². The molecule has 1 N–H and O–H groups in total. The molecule has 0 spiro atoms. The second-order valence-corrected chi connectivity index (χ2v) is 10.1. The van der Waals surface area contributed by atoms with Crippen molar-refractivity contribution in [1.29, 1.82) is 0 Å². The average Bonchev–Trinajstić information content (AvgIpc) is 2.82. The number of halogens is 1. The first-order valence-corrected chi connectivity index (χ1v) is 12.2. The molecule has 1 amide bonds. The summed E-state index contributed by atoms with van der Waals surface area (Å²) in [5.74, 6) is -0.854. The van der Waals surface area contributed by atoms with Gasteiger partial charge < -0.3 is 5.32 Å². The summed E-state index contributed by atoms with van der Waals surface area (Å²) in [6.45, 7) is 4.70. The largest absolute Gasteiger partial charge is 0.319 e. The van der Waals surface area contributed by atoms with E-state index in [-0.39, 0.29) is 11.6 Å². The molecule has 8 heteroatoms. The van der Waals surface area contributed by atoms with E-state index >= 15 is 0 Å². The molecule has 0 bridgehead atoms. The van der Waals surface area contributed by atoms with Crippen LogP contribution in [0.3, 0.4) is 0 Å². The Hall–Kier alpha value is -3.07. The van der Waals surface area contributed by atoms with Crippen molar-refractivity contribution in [3.8, 4) is 0 Å². The van der Waals surface area contributed by atoms with Crippen LogP contribution in [0.25, 0.3) is 0 Å². The normalized spacial score (nSPS) is 15.3. The minimum Gasteiger partial charge on any atom is -0.319 e. The number of benzene rings is 3. The van der Waals surface area contributed by atoms with Crippen LogP contribution in [0.5, 0.6) is 0 Å². The van der Waals surface area contributed by atoms with Gasteiger partial charge >= 0.3 is 0 Å². The quantitative estimate of drug-likeness (QED) is 0.597. The van der Waals surface area contributed by atoms with E-state index in [0.29, 0.717) is 43.2 Å². The molecule has 33 heavy (non-hydrogen) atoms. The summed E-state index contributed by atoms with van der Waals surface area (Å²) in [5, 5.41) is 2.58. The van der Waals surface area contributed by atoms with Crippen LogP contribution in [0, 0.1) is 12.7 Å². The van der Waals surface area contributed by atoms with Crippen LogP contribution in [0.15, 0.2) is 77.7 Å². The molecule has 1 heterocycles. The Balaban J connectivity index is 1.32. The molecule has 1 aliphatic heterocycles. The van der Waals surface area contributed by atoms with Gasteiger partial charge in [-0.05, 0) is 48.9 Å². The zero-order valence-electron chi connectivity index (χ0n) is 18.4. The number of para-hydroxylation sites is 1. The number of anilines is 1. The molecular weight excluding hydrogens is 441 g/mol. The van der Waals surface area contributed by atoms with Crippen LogP contribution in [-0.2, 0) is 16.6 Å². The number of nitrogens with zero attached hydrogens (tertiary/aromatic N) is 2. The fourth-order valence-corrected chi connectivity index (χ4v) is 5.19. The molecule has 172 valence electrons. The third-order valence-corrected chi connectivity index (χ3v) is 7.65. The van der Waals surface area contributed by atoms with Crippen LogP contribution in [0.4, 0.5) is 10.1 Å². The van der Waals surface area contributed by atoms with Crippen LogP contribution < -0.4 is 5.32 Å². The van der Waals surface area contributed by atoms with Crippen molar-refractivity contribution in [3.63, 3.8) is 0 Å². The van der Waals surface area contributed by atoms with E-state index in [4.69, 9.17) is 0 Å². The average molecular weight is 468 g/mol. The van der Waals surface area contributed by atoms with E-state index in [0.717, 1.165) is 11.1 Å². The van der Waals surface area contributed by atoms with Crippen molar-refractivity contribution < 1.29 is 17.6 Å². The summed E-state index contributed by atoms with van der Waals surface area (Å²) in [5.41, 5.74) is 2.63. The highest BCUT2D eigenvalue weighted by Gasteiger charge is 2.28. The lowest BCUT2D eigenvalue weighted by atomic mass is 10.1. The van der Waals surface area contributed by atoms with Gasteiger partial charge in [-0.3, -0.25) is 9.69 Å². The number of carbonyl (C=O) groups is 1. The van der Waals surface area contributed by atoms with E-state index in [1.54, 1.807) is 36.4 Å². The van der Waals surface area contributed by atoms with Gasteiger partial charge in [-0.15, -0.1) is 0 Å². The molecule has 0 atom stereocenters. The second kappa shape index (κ2) is 9.82. The number of hydrogen-bond acceptors (Lipinski definition) is 4. The summed E-state index contributed by atoms with van der Waals surface area (Å²) in [6.07, 6.45) is 0. The van der Waals surface area contributed by atoms with Gasteiger partial charge in [0.15, 0.2) is 0 Å². The summed E-state index contributed by atoms with van der Waals surface area (Å²) >= 11 is 0. The summed E-state index contributed by atoms with van der Waals surface area (Å²) in [6, 6.07) is 20.1. The maximum Gasteiger partial charge on any atom is 0.255 e. The van der Waals surface area contributed by atoms with Crippen LogP contribution >= 0.6 is 0 Å². The van der Waals surface area contributed by atoms with Gasteiger partial charge in [-0.1, -0.05) is 42.0 Å². The van der Waals surface area contributed by atoms with E-state index in [1.807, 2.05) is 31.2 Å². The maximum atomic E-state index is 13.7. The minimum absolute atomic E-state index is 0.144. The Morgan fingerprint density at radius 2 is 1.55 bits per heavy atom. The molecular formula is C25H26FN3O3S.